The first kappa shape index (κ1) is 20.3. The van der Waals surface area contributed by atoms with Crippen LogP contribution >= 0.6 is 0 Å². The summed E-state index contributed by atoms with van der Waals surface area (Å²) < 4.78 is 0. The van der Waals surface area contributed by atoms with E-state index < -0.39 is 30.3 Å². The summed E-state index contributed by atoms with van der Waals surface area (Å²) in [6.45, 7) is 5.31. The van der Waals surface area contributed by atoms with E-state index in [0.717, 1.165) is 27.2 Å². The van der Waals surface area contributed by atoms with Crippen LogP contribution < -0.4 is 5.32 Å². The van der Waals surface area contributed by atoms with Gasteiger partial charge in [-0.3, -0.25) is 19.3 Å². The summed E-state index contributed by atoms with van der Waals surface area (Å²) in [5.41, 5.74) is 3.90. The zero-order valence-electron chi connectivity index (χ0n) is 16.6. The minimum Gasteiger partial charge on any atom is -0.348 e. The predicted molar refractivity (Wildman–Crippen MR) is 107 cm³/mol. The molecule has 1 N–H and O–H groups in total. The lowest BCUT2D eigenvalue weighted by atomic mass is 10.0. The van der Waals surface area contributed by atoms with Crippen LogP contribution in [0.3, 0.4) is 0 Å². The molecule has 0 spiro atoms. The van der Waals surface area contributed by atoms with E-state index in [1.807, 2.05) is 45.0 Å². The Hall–Kier alpha value is -3.48. The Morgan fingerprint density at radius 1 is 0.931 bits per heavy atom. The van der Waals surface area contributed by atoms with Crippen molar-refractivity contribution in [1.29, 1.82) is 0 Å². The first-order valence-corrected chi connectivity index (χ1v) is 9.35. The van der Waals surface area contributed by atoms with Gasteiger partial charge in [-0.2, -0.15) is 0 Å². The summed E-state index contributed by atoms with van der Waals surface area (Å²) in [6.07, 6.45) is 0. The maximum Gasteiger partial charge on any atom is 0.335 e. The number of hydrogen-bond donors (Lipinski definition) is 1. The SMILES string of the molecule is Cc1ccc([C@@H](C)NC(=O)CN2C(=O)C(=O)N(Cc3ccccc3)C2=O)cc1C. The van der Waals surface area contributed by atoms with Gasteiger partial charge in [-0.15, -0.1) is 0 Å². The van der Waals surface area contributed by atoms with Crippen molar-refractivity contribution in [2.24, 2.45) is 0 Å². The van der Waals surface area contributed by atoms with Gasteiger partial charge in [0.2, 0.25) is 5.91 Å². The number of hydrogen-bond acceptors (Lipinski definition) is 4. The number of imide groups is 2. The third-order valence-corrected chi connectivity index (χ3v) is 5.03. The molecule has 2 aromatic rings. The molecule has 0 saturated carbocycles. The Balaban J connectivity index is 1.65. The maximum atomic E-state index is 12.5. The Morgan fingerprint density at radius 2 is 1.59 bits per heavy atom. The molecule has 5 amide bonds. The fourth-order valence-corrected chi connectivity index (χ4v) is 3.14. The average Bonchev–Trinajstić information content (AvgIpc) is 2.89. The second-order valence-corrected chi connectivity index (χ2v) is 7.18. The highest BCUT2D eigenvalue weighted by atomic mass is 16.2. The number of rotatable bonds is 6. The summed E-state index contributed by atoms with van der Waals surface area (Å²) in [4.78, 5) is 50.9. The molecule has 1 heterocycles. The number of amides is 5. The summed E-state index contributed by atoms with van der Waals surface area (Å²) >= 11 is 0. The van der Waals surface area contributed by atoms with E-state index in [1.54, 1.807) is 24.3 Å². The van der Waals surface area contributed by atoms with Gasteiger partial charge in [-0.1, -0.05) is 48.5 Å². The van der Waals surface area contributed by atoms with Gasteiger partial charge in [0.1, 0.15) is 6.54 Å². The van der Waals surface area contributed by atoms with Crippen molar-refractivity contribution in [3.05, 3.63) is 70.8 Å². The normalized spacial score (nSPS) is 15.1. The van der Waals surface area contributed by atoms with Crippen molar-refractivity contribution in [3.63, 3.8) is 0 Å². The number of carbonyl (C=O) groups excluding carboxylic acids is 4. The van der Waals surface area contributed by atoms with Crippen LogP contribution in [0.2, 0.25) is 0 Å². The van der Waals surface area contributed by atoms with Crippen LogP contribution in [-0.4, -0.2) is 40.1 Å². The van der Waals surface area contributed by atoms with Crippen molar-refractivity contribution < 1.29 is 19.2 Å². The summed E-state index contributed by atoms with van der Waals surface area (Å²) in [7, 11) is 0. The highest BCUT2D eigenvalue weighted by Crippen LogP contribution is 2.18. The van der Waals surface area contributed by atoms with E-state index in [1.165, 1.54) is 0 Å². The second-order valence-electron chi connectivity index (χ2n) is 7.18. The number of nitrogens with one attached hydrogen (secondary N) is 1. The third kappa shape index (κ3) is 4.34. The highest BCUT2D eigenvalue weighted by Gasteiger charge is 2.45. The summed E-state index contributed by atoms with van der Waals surface area (Å²) in [5.74, 6) is -2.42. The highest BCUT2D eigenvalue weighted by molar-refractivity contribution is 6.44. The van der Waals surface area contributed by atoms with Gasteiger partial charge in [-0.25, -0.2) is 9.69 Å². The number of benzene rings is 2. The smallest absolute Gasteiger partial charge is 0.335 e. The van der Waals surface area contributed by atoms with E-state index in [9.17, 15) is 19.2 Å². The molecule has 0 unspecified atom stereocenters. The van der Waals surface area contributed by atoms with Gasteiger partial charge >= 0.3 is 17.8 Å². The van der Waals surface area contributed by atoms with Crippen LogP contribution in [0, 0.1) is 13.8 Å². The van der Waals surface area contributed by atoms with Gasteiger partial charge in [-0.05, 0) is 43.0 Å². The molecule has 1 atom stereocenters. The predicted octanol–water partition coefficient (Wildman–Crippen LogP) is 2.47. The lowest BCUT2D eigenvalue weighted by Gasteiger charge is -2.18. The quantitative estimate of drug-likeness (QED) is 0.603. The molecule has 0 aliphatic carbocycles. The Bertz CT molecular complexity index is 971. The van der Waals surface area contributed by atoms with Gasteiger partial charge in [0, 0.05) is 0 Å². The van der Waals surface area contributed by atoms with Gasteiger partial charge in [0.15, 0.2) is 0 Å². The molecular formula is C22H23N3O4. The van der Waals surface area contributed by atoms with Crippen molar-refractivity contribution in [3.8, 4) is 0 Å². The van der Waals surface area contributed by atoms with Gasteiger partial charge in [0.25, 0.3) is 0 Å². The van der Waals surface area contributed by atoms with Crippen LogP contribution in [0.15, 0.2) is 48.5 Å². The van der Waals surface area contributed by atoms with Crippen LogP contribution in [0.25, 0.3) is 0 Å². The fourth-order valence-electron chi connectivity index (χ4n) is 3.14. The topological polar surface area (TPSA) is 86.8 Å². The molecule has 7 heteroatoms. The molecule has 0 radical (unpaired) electrons. The Morgan fingerprint density at radius 3 is 2.24 bits per heavy atom. The van der Waals surface area contributed by atoms with E-state index in [0.29, 0.717) is 4.90 Å². The molecule has 150 valence electrons. The molecule has 1 saturated heterocycles. The lowest BCUT2D eigenvalue weighted by Crippen LogP contribution is -2.42. The summed E-state index contributed by atoms with van der Waals surface area (Å²) in [5, 5.41) is 2.78. The number of carbonyl (C=O) groups is 4. The van der Waals surface area contributed by atoms with Crippen LogP contribution in [0.4, 0.5) is 4.79 Å². The molecule has 0 aromatic heterocycles. The number of nitrogens with zero attached hydrogens (tertiary/aromatic N) is 2. The molecule has 2 aromatic carbocycles. The molecule has 3 rings (SSSR count). The summed E-state index contributed by atoms with van der Waals surface area (Å²) in [6, 6.07) is 13.7. The van der Waals surface area contributed by atoms with E-state index in [4.69, 9.17) is 0 Å². The van der Waals surface area contributed by atoms with Crippen LogP contribution in [-0.2, 0) is 20.9 Å². The molecule has 7 nitrogen and oxygen atoms in total. The van der Waals surface area contributed by atoms with Gasteiger partial charge < -0.3 is 5.32 Å². The molecule has 29 heavy (non-hydrogen) atoms. The number of aryl methyl sites for hydroxylation is 2. The van der Waals surface area contributed by atoms with Crippen molar-refractivity contribution in [1.82, 2.24) is 15.1 Å². The Kier molecular flexibility index (Phi) is 5.77. The van der Waals surface area contributed by atoms with Gasteiger partial charge in [0.05, 0.1) is 12.6 Å². The Labute approximate surface area is 169 Å². The molecule has 0 bridgehead atoms. The second kappa shape index (κ2) is 8.26. The zero-order valence-corrected chi connectivity index (χ0v) is 16.6. The first-order valence-electron chi connectivity index (χ1n) is 9.35. The average molecular weight is 393 g/mol. The first-order chi connectivity index (χ1) is 13.8. The van der Waals surface area contributed by atoms with Crippen LogP contribution in [0.1, 0.15) is 35.2 Å². The van der Waals surface area contributed by atoms with Crippen molar-refractivity contribution in [2.75, 3.05) is 6.54 Å². The molecular weight excluding hydrogens is 370 g/mol. The largest absolute Gasteiger partial charge is 0.348 e. The molecule has 1 aliphatic rings. The fraction of sp³-hybridized carbons (Fsp3) is 0.273. The molecule has 1 fully saturated rings. The van der Waals surface area contributed by atoms with E-state index in [2.05, 4.69) is 5.32 Å². The van der Waals surface area contributed by atoms with E-state index >= 15 is 0 Å². The van der Waals surface area contributed by atoms with Crippen molar-refractivity contribution >= 4 is 23.8 Å². The minimum atomic E-state index is -0.986. The zero-order chi connectivity index (χ0) is 21.1. The monoisotopic (exact) mass is 393 g/mol. The maximum absolute atomic E-state index is 12.5. The standard InChI is InChI=1S/C22H23N3O4/c1-14-9-10-18(11-15(14)2)16(3)23-19(26)13-25-21(28)20(27)24(22(25)29)12-17-7-5-4-6-8-17/h4-11,16H,12-13H2,1-3H3,(H,23,26)/t16-/m1/s1. The van der Waals surface area contributed by atoms with Crippen molar-refractivity contribution in [2.45, 2.75) is 33.4 Å². The lowest BCUT2D eigenvalue weighted by molar-refractivity contribution is -0.144. The minimum absolute atomic E-state index is 0.0125. The third-order valence-electron chi connectivity index (χ3n) is 5.03. The molecule has 1 aliphatic heterocycles. The van der Waals surface area contributed by atoms with E-state index in [-0.39, 0.29) is 12.6 Å². The van der Waals surface area contributed by atoms with Crippen LogP contribution in [0.5, 0.6) is 0 Å². The number of urea groups is 1.